The van der Waals surface area contributed by atoms with Gasteiger partial charge in [-0.05, 0) is 70.8 Å². The summed E-state index contributed by atoms with van der Waals surface area (Å²) < 4.78 is 11.5. The van der Waals surface area contributed by atoms with Gasteiger partial charge in [-0.25, -0.2) is 0 Å². The van der Waals surface area contributed by atoms with Crippen LogP contribution in [0, 0.1) is 19.8 Å². The van der Waals surface area contributed by atoms with Crippen LogP contribution < -0.4 is 10.1 Å². The molecule has 0 spiro atoms. The van der Waals surface area contributed by atoms with E-state index >= 15 is 0 Å². The van der Waals surface area contributed by atoms with E-state index in [2.05, 4.69) is 15.4 Å². The standard InChI is InChI=1S/C21H27N3O3/c1-14-20(15(2)27-23-14)18-13-17(22-21(25)16-5-6-16)7-8-19(18)26-12-11-24-9-3-4-10-24/h7-8,13,16H,3-6,9-12H2,1-2H3,(H,22,25). The highest BCUT2D eigenvalue weighted by Crippen LogP contribution is 2.37. The average molecular weight is 369 g/mol. The Morgan fingerprint density at radius 2 is 2.07 bits per heavy atom. The number of carbonyl (C=O) groups excluding carboxylic acids is 1. The Labute approximate surface area is 159 Å². The molecule has 1 aliphatic carbocycles. The molecular formula is C21H27N3O3. The van der Waals surface area contributed by atoms with Crippen LogP contribution in [0.3, 0.4) is 0 Å². The van der Waals surface area contributed by atoms with E-state index in [4.69, 9.17) is 9.26 Å². The third kappa shape index (κ3) is 4.16. The number of ether oxygens (including phenoxy) is 1. The van der Waals surface area contributed by atoms with Gasteiger partial charge in [0.25, 0.3) is 0 Å². The highest BCUT2D eigenvalue weighted by molar-refractivity contribution is 5.95. The normalized spacial score (nSPS) is 17.3. The summed E-state index contributed by atoms with van der Waals surface area (Å²) in [6, 6.07) is 5.82. The maximum absolute atomic E-state index is 12.1. The number of anilines is 1. The summed E-state index contributed by atoms with van der Waals surface area (Å²) in [6.45, 7) is 7.72. The summed E-state index contributed by atoms with van der Waals surface area (Å²) >= 11 is 0. The number of aromatic nitrogens is 1. The molecule has 0 radical (unpaired) electrons. The molecule has 0 atom stereocenters. The predicted molar refractivity (Wildman–Crippen MR) is 104 cm³/mol. The van der Waals surface area contributed by atoms with Crippen molar-refractivity contribution in [3.8, 4) is 16.9 Å². The Balaban J connectivity index is 1.55. The number of nitrogens with zero attached hydrogens (tertiary/aromatic N) is 2. The Bertz CT molecular complexity index is 801. The Kier molecular flexibility index (Phi) is 5.16. The number of amides is 1. The molecule has 6 nitrogen and oxygen atoms in total. The molecule has 0 bridgehead atoms. The van der Waals surface area contributed by atoms with Crippen LogP contribution in [0.5, 0.6) is 5.75 Å². The fraction of sp³-hybridized carbons (Fsp3) is 0.524. The predicted octanol–water partition coefficient (Wildman–Crippen LogP) is 3.78. The third-order valence-corrected chi connectivity index (χ3v) is 5.36. The number of rotatable bonds is 7. The van der Waals surface area contributed by atoms with Crippen LogP contribution in [-0.2, 0) is 4.79 Å². The molecule has 0 unspecified atom stereocenters. The molecule has 1 saturated heterocycles. The van der Waals surface area contributed by atoms with E-state index in [0.29, 0.717) is 6.61 Å². The van der Waals surface area contributed by atoms with Crippen molar-refractivity contribution in [2.45, 2.75) is 39.5 Å². The Morgan fingerprint density at radius 1 is 1.30 bits per heavy atom. The number of carbonyl (C=O) groups is 1. The fourth-order valence-electron chi connectivity index (χ4n) is 3.68. The van der Waals surface area contributed by atoms with Crippen molar-refractivity contribution >= 4 is 11.6 Å². The minimum Gasteiger partial charge on any atom is -0.492 e. The number of hydrogen-bond acceptors (Lipinski definition) is 5. The first-order valence-electron chi connectivity index (χ1n) is 9.85. The minimum absolute atomic E-state index is 0.0995. The van der Waals surface area contributed by atoms with E-state index < -0.39 is 0 Å². The van der Waals surface area contributed by atoms with Gasteiger partial charge in [0.2, 0.25) is 5.91 Å². The first-order chi connectivity index (χ1) is 13.1. The molecule has 2 aliphatic rings. The molecule has 4 rings (SSSR count). The molecule has 2 heterocycles. The van der Waals surface area contributed by atoms with Crippen LogP contribution in [0.15, 0.2) is 22.7 Å². The van der Waals surface area contributed by atoms with Gasteiger partial charge in [0.1, 0.15) is 18.1 Å². The van der Waals surface area contributed by atoms with Gasteiger partial charge < -0.3 is 14.6 Å². The van der Waals surface area contributed by atoms with Gasteiger partial charge in [0, 0.05) is 23.7 Å². The summed E-state index contributed by atoms with van der Waals surface area (Å²) in [5.41, 5.74) is 3.46. The number of hydrogen-bond donors (Lipinski definition) is 1. The van der Waals surface area contributed by atoms with E-state index in [1.807, 2.05) is 32.0 Å². The lowest BCUT2D eigenvalue weighted by Crippen LogP contribution is -2.25. The molecule has 1 amide bonds. The van der Waals surface area contributed by atoms with E-state index in [9.17, 15) is 4.79 Å². The van der Waals surface area contributed by atoms with Gasteiger partial charge in [-0.3, -0.25) is 9.69 Å². The molecule has 1 aromatic heterocycles. The molecule has 1 aliphatic heterocycles. The van der Waals surface area contributed by atoms with E-state index in [0.717, 1.165) is 66.5 Å². The van der Waals surface area contributed by atoms with Gasteiger partial charge in [-0.2, -0.15) is 0 Å². The van der Waals surface area contributed by atoms with Crippen LogP contribution in [0.4, 0.5) is 5.69 Å². The second-order valence-corrected chi connectivity index (χ2v) is 7.57. The lowest BCUT2D eigenvalue weighted by Gasteiger charge is -2.17. The van der Waals surface area contributed by atoms with E-state index in [1.54, 1.807) is 0 Å². The van der Waals surface area contributed by atoms with Crippen LogP contribution >= 0.6 is 0 Å². The molecule has 1 N–H and O–H groups in total. The SMILES string of the molecule is Cc1noc(C)c1-c1cc(NC(=O)C2CC2)ccc1OCCN1CCCC1. The molecule has 2 fully saturated rings. The lowest BCUT2D eigenvalue weighted by molar-refractivity contribution is -0.117. The molecule has 27 heavy (non-hydrogen) atoms. The van der Waals surface area contributed by atoms with Crippen molar-refractivity contribution in [3.05, 3.63) is 29.7 Å². The maximum atomic E-state index is 12.1. The van der Waals surface area contributed by atoms with Crippen LogP contribution in [0.1, 0.15) is 37.1 Å². The van der Waals surface area contributed by atoms with Crippen molar-refractivity contribution in [2.24, 2.45) is 5.92 Å². The quantitative estimate of drug-likeness (QED) is 0.804. The summed E-state index contributed by atoms with van der Waals surface area (Å²) in [4.78, 5) is 14.6. The van der Waals surface area contributed by atoms with Crippen molar-refractivity contribution in [2.75, 3.05) is 31.6 Å². The van der Waals surface area contributed by atoms with Crippen molar-refractivity contribution in [3.63, 3.8) is 0 Å². The van der Waals surface area contributed by atoms with Crippen LogP contribution in [-0.4, -0.2) is 42.2 Å². The number of aryl methyl sites for hydroxylation is 2. The monoisotopic (exact) mass is 369 g/mol. The van der Waals surface area contributed by atoms with E-state index in [-0.39, 0.29) is 11.8 Å². The third-order valence-electron chi connectivity index (χ3n) is 5.36. The largest absolute Gasteiger partial charge is 0.492 e. The molecule has 6 heteroatoms. The second kappa shape index (κ2) is 7.72. The van der Waals surface area contributed by atoms with Gasteiger partial charge in [-0.15, -0.1) is 0 Å². The molecular weight excluding hydrogens is 342 g/mol. The Morgan fingerprint density at radius 3 is 2.74 bits per heavy atom. The number of benzene rings is 1. The zero-order chi connectivity index (χ0) is 18.8. The molecule has 144 valence electrons. The van der Waals surface area contributed by atoms with Gasteiger partial charge in [0.05, 0.1) is 11.3 Å². The highest BCUT2D eigenvalue weighted by atomic mass is 16.5. The minimum atomic E-state index is 0.0995. The zero-order valence-electron chi connectivity index (χ0n) is 16.1. The average Bonchev–Trinajstić information content (AvgIpc) is 3.29. The number of nitrogens with one attached hydrogen (secondary N) is 1. The molecule has 2 aromatic rings. The molecule has 1 saturated carbocycles. The Hall–Kier alpha value is -2.34. The highest BCUT2D eigenvalue weighted by Gasteiger charge is 2.29. The van der Waals surface area contributed by atoms with Crippen LogP contribution in [0.2, 0.25) is 0 Å². The second-order valence-electron chi connectivity index (χ2n) is 7.57. The number of likely N-dealkylation sites (tertiary alicyclic amines) is 1. The van der Waals surface area contributed by atoms with Gasteiger partial charge >= 0.3 is 0 Å². The smallest absolute Gasteiger partial charge is 0.227 e. The van der Waals surface area contributed by atoms with Gasteiger partial charge in [-0.1, -0.05) is 5.16 Å². The first-order valence-corrected chi connectivity index (χ1v) is 9.85. The van der Waals surface area contributed by atoms with Crippen molar-refractivity contribution in [1.29, 1.82) is 0 Å². The molecule has 1 aromatic carbocycles. The summed E-state index contributed by atoms with van der Waals surface area (Å²) in [5, 5.41) is 7.10. The lowest BCUT2D eigenvalue weighted by atomic mass is 10.0. The summed E-state index contributed by atoms with van der Waals surface area (Å²) in [6.07, 6.45) is 4.53. The first kappa shape index (κ1) is 18.0. The zero-order valence-corrected chi connectivity index (χ0v) is 16.1. The van der Waals surface area contributed by atoms with Gasteiger partial charge in [0.15, 0.2) is 0 Å². The summed E-state index contributed by atoms with van der Waals surface area (Å²) in [7, 11) is 0. The van der Waals surface area contributed by atoms with Crippen molar-refractivity contribution < 1.29 is 14.1 Å². The summed E-state index contributed by atoms with van der Waals surface area (Å²) in [5.74, 6) is 1.82. The van der Waals surface area contributed by atoms with Crippen molar-refractivity contribution in [1.82, 2.24) is 10.1 Å². The maximum Gasteiger partial charge on any atom is 0.227 e. The van der Waals surface area contributed by atoms with E-state index in [1.165, 1.54) is 12.8 Å². The van der Waals surface area contributed by atoms with Crippen LogP contribution in [0.25, 0.3) is 11.1 Å². The topological polar surface area (TPSA) is 67.6 Å². The fourth-order valence-corrected chi connectivity index (χ4v) is 3.68.